The standard InChI is InChI=1S/C35H30Cl4N2O6S2/c1-2-47-35(46)23-21-15-8-3-4-9-16-22(21)49-33(23)41-32(43)30(18-11-6-5-7-12-18)48-20-14-10-13-19(17-20)40-31(42)24-25(34(44)45)27(37)29(39)28(38)26(24)36/h5-7,10-14,17,30H,2-4,8-9,15-16H2,1H3,(H,40,42)(H,41,43)(H,44,45). The van der Waals surface area contributed by atoms with Crippen molar-refractivity contribution in [3.05, 3.63) is 107 Å². The molecule has 3 N–H and O–H groups in total. The Kier molecular flexibility index (Phi) is 12.6. The molecule has 4 aromatic rings. The van der Waals surface area contributed by atoms with Crippen molar-refractivity contribution in [3.8, 4) is 0 Å². The zero-order valence-corrected chi connectivity index (χ0v) is 30.7. The summed E-state index contributed by atoms with van der Waals surface area (Å²) in [6.45, 7) is 1.97. The summed E-state index contributed by atoms with van der Waals surface area (Å²) in [6, 6.07) is 15.9. The number of carboxylic acid groups (broad SMARTS) is 1. The van der Waals surface area contributed by atoms with Gasteiger partial charge in [-0.05, 0) is 61.9 Å². The summed E-state index contributed by atoms with van der Waals surface area (Å²) < 4.78 is 5.43. The molecule has 49 heavy (non-hydrogen) atoms. The van der Waals surface area contributed by atoms with Crippen LogP contribution in [-0.2, 0) is 22.4 Å². The topological polar surface area (TPSA) is 122 Å². The molecule has 0 bridgehead atoms. The molecule has 5 rings (SSSR count). The van der Waals surface area contributed by atoms with Crippen molar-refractivity contribution in [1.82, 2.24) is 0 Å². The van der Waals surface area contributed by atoms with Crippen molar-refractivity contribution in [2.24, 2.45) is 0 Å². The van der Waals surface area contributed by atoms with Gasteiger partial charge in [-0.1, -0.05) is 95.6 Å². The predicted molar refractivity (Wildman–Crippen MR) is 198 cm³/mol. The lowest BCUT2D eigenvalue weighted by Gasteiger charge is -2.18. The average Bonchev–Trinajstić information content (AvgIpc) is 3.39. The lowest BCUT2D eigenvalue weighted by Crippen LogP contribution is -2.20. The number of aromatic carboxylic acids is 1. The number of thiophene rings is 1. The number of carbonyl (C=O) groups is 4. The van der Waals surface area contributed by atoms with Gasteiger partial charge in [0.25, 0.3) is 5.91 Å². The second kappa shape index (κ2) is 16.6. The summed E-state index contributed by atoms with van der Waals surface area (Å²) >= 11 is 27.3. The predicted octanol–water partition coefficient (Wildman–Crippen LogP) is 10.6. The summed E-state index contributed by atoms with van der Waals surface area (Å²) in [4.78, 5) is 54.4. The Hall–Kier alpha value is -3.25. The number of anilines is 2. The Labute approximate surface area is 311 Å². The van der Waals surface area contributed by atoms with E-state index < -0.39 is 39.2 Å². The highest BCUT2D eigenvalue weighted by molar-refractivity contribution is 8.00. The van der Waals surface area contributed by atoms with Crippen molar-refractivity contribution in [2.75, 3.05) is 17.2 Å². The van der Waals surface area contributed by atoms with Gasteiger partial charge in [0.1, 0.15) is 10.3 Å². The Balaban J connectivity index is 1.45. The van der Waals surface area contributed by atoms with Crippen LogP contribution in [0.4, 0.5) is 10.7 Å². The summed E-state index contributed by atoms with van der Waals surface area (Å²) in [7, 11) is 0. The van der Waals surface area contributed by atoms with E-state index in [1.54, 1.807) is 31.2 Å². The number of amides is 2. The van der Waals surface area contributed by atoms with E-state index in [1.807, 2.05) is 30.3 Å². The maximum Gasteiger partial charge on any atom is 0.341 e. The average molecular weight is 781 g/mol. The van der Waals surface area contributed by atoms with Crippen molar-refractivity contribution in [2.45, 2.75) is 55.6 Å². The quantitative estimate of drug-likeness (QED) is 0.0634. The molecule has 1 unspecified atom stereocenters. The van der Waals surface area contributed by atoms with Gasteiger partial charge in [-0.3, -0.25) is 9.59 Å². The summed E-state index contributed by atoms with van der Waals surface area (Å²) in [5.41, 5.74) is 1.36. The first-order chi connectivity index (χ1) is 23.5. The van der Waals surface area contributed by atoms with E-state index >= 15 is 0 Å². The fourth-order valence-electron chi connectivity index (χ4n) is 5.53. The Morgan fingerprint density at radius 3 is 2.18 bits per heavy atom. The second-order valence-electron chi connectivity index (χ2n) is 11.0. The largest absolute Gasteiger partial charge is 0.478 e. The van der Waals surface area contributed by atoms with Crippen LogP contribution < -0.4 is 10.6 Å². The number of carboxylic acids is 1. The molecular weight excluding hydrogens is 750 g/mol. The highest BCUT2D eigenvalue weighted by atomic mass is 35.5. The third-order valence-corrected chi connectivity index (χ3v) is 12.0. The molecule has 0 spiro atoms. The molecule has 14 heteroatoms. The van der Waals surface area contributed by atoms with E-state index in [-0.39, 0.29) is 27.6 Å². The van der Waals surface area contributed by atoms with E-state index in [1.165, 1.54) is 23.1 Å². The molecule has 2 amide bonds. The van der Waals surface area contributed by atoms with Crippen LogP contribution in [0.5, 0.6) is 0 Å². The number of thioether (sulfide) groups is 1. The van der Waals surface area contributed by atoms with Gasteiger partial charge < -0.3 is 20.5 Å². The van der Waals surface area contributed by atoms with Crippen LogP contribution >= 0.6 is 69.5 Å². The van der Waals surface area contributed by atoms with E-state index in [2.05, 4.69) is 10.6 Å². The van der Waals surface area contributed by atoms with Gasteiger partial charge in [-0.2, -0.15) is 0 Å². The normalized spacial score (nSPS) is 13.4. The Bertz CT molecular complexity index is 1920. The monoisotopic (exact) mass is 778 g/mol. The highest BCUT2D eigenvalue weighted by Crippen LogP contribution is 2.43. The number of nitrogens with one attached hydrogen (secondary N) is 2. The molecule has 8 nitrogen and oxygen atoms in total. The Morgan fingerprint density at radius 2 is 1.51 bits per heavy atom. The molecule has 256 valence electrons. The van der Waals surface area contributed by atoms with E-state index in [9.17, 15) is 24.3 Å². The lowest BCUT2D eigenvalue weighted by molar-refractivity contribution is -0.115. The molecule has 0 radical (unpaired) electrons. The summed E-state index contributed by atoms with van der Waals surface area (Å²) in [6.07, 6.45) is 5.76. The van der Waals surface area contributed by atoms with Gasteiger partial charge in [-0.25, -0.2) is 9.59 Å². The number of carbonyl (C=O) groups excluding carboxylic acids is 3. The van der Waals surface area contributed by atoms with Crippen LogP contribution in [0.1, 0.15) is 84.9 Å². The molecule has 3 aromatic carbocycles. The number of benzene rings is 3. The molecular formula is C35H30Cl4N2O6S2. The van der Waals surface area contributed by atoms with Gasteiger partial charge >= 0.3 is 11.9 Å². The molecule has 0 saturated heterocycles. The number of rotatable bonds is 10. The first-order valence-electron chi connectivity index (χ1n) is 15.4. The fraction of sp³-hybridized carbons (Fsp3) is 0.257. The first kappa shape index (κ1) is 37.0. The maximum absolute atomic E-state index is 14.1. The van der Waals surface area contributed by atoms with Crippen LogP contribution in [0.2, 0.25) is 20.1 Å². The number of ether oxygens (including phenoxy) is 1. The van der Waals surface area contributed by atoms with Crippen LogP contribution in [0.25, 0.3) is 0 Å². The van der Waals surface area contributed by atoms with Crippen LogP contribution in [0, 0.1) is 0 Å². The maximum atomic E-state index is 14.1. The van der Waals surface area contributed by atoms with Crippen molar-refractivity contribution < 1.29 is 29.0 Å². The van der Waals surface area contributed by atoms with Gasteiger partial charge in [-0.15, -0.1) is 23.1 Å². The summed E-state index contributed by atoms with van der Waals surface area (Å²) in [5.74, 6) is -3.17. The van der Waals surface area contributed by atoms with Crippen molar-refractivity contribution in [3.63, 3.8) is 0 Å². The minimum atomic E-state index is -1.51. The van der Waals surface area contributed by atoms with Gasteiger partial charge in [0.15, 0.2) is 0 Å². The second-order valence-corrected chi connectivity index (χ2v) is 14.8. The summed E-state index contributed by atoms with van der Waals surface area (Å²) in [5, 5.41) is 13.9. The van der Waals surface area contributed by atoms with Crippen LogP contribution in [0.3, 0.4) is 0 Å². The molecule has 0 aliphatic heterocycles. The highest BCUT2D eigenvalue weighted by Gasteiger charge is 2.31. The molecule has 1 heterocycles. The molecule has 1 aromatic heterocycles. The van der Waals surface area contributed by atoms with Crippen LogP contribution in [0.15, 0.2) is 59.5 Å². The number of halogens is 4. The number of hydrogen-bond acceptors (Lipinski definition) is 7. The smallest absolute Gasteiger partial charge is 0.341 e. The first-order valence-corrected chi connectivity index (χ1v) is 18.6. The van der Waals surface area contributed by atoms with Gasteiger partial charge in [0.05, 0.1) is 43.4 Å². The number of esters is 1. The third kappa shape index (κ3) is 8.39. The van der Waals surface area contributed by atoms with Crippen molar-refractivity contribution in [1.29, 1.82) is 0 Å². The number of fused-ring (bicyclic) bond motifs is 1. The molecule has 0 fully saturated rings. The Morgan fingerprint density at radius 1 is 0.837 bits per heavy atom. The molecule has 0 saturated carbocycles. The minimum Gasteiger partial charge on any atom is -0.478 e. The lowest BCUT2D eigenvalue weighted by atomic mass is 9.96. The fourth-order valence-corrected chi connectivity index (χ4v) is 8.91. The SMILES string of the molecule is CCOC(=O)c1c(NC(=O)C(Sc2cccc(NC(=O)c3c(Cl)c(Cl)c(Cl)c(Cl)c3C(=O)O)c2)c2ccccc2)sc2c1CCCCCC2. The van der Waals surface area contributed by atoms with E-state index in [0.29, 0.717) is 21.1 Å². The zero-order valence-electron chi connectivity index (χ0n) is 26.0. The molecule has 1 aliphatic carbocycles. The molecule has 1 atom stereocenters. The third-order valence-electron chi connectivity index (χ3n) is 7.78. The van der Waals surface area contributed by atoms with Crippen LogP contribution in [-0.4, -0.2) is 35.5 Å². The van der Waals surface area contributed by atoms with Gasteiger partial charge in [0.2, 0.25) is 5.91 Å². The van der Waals surface area contributed by atoms with E-state index in [0.717, 1.165) is 54.5 Å². The molecule has 1 aliphatic rings. The van der Waals surface area contributed by atoms with E-state index in [4.69, 9.17) is 51.1 Å². The van der Waals surface area contributed by atoms with Crippen molar-refractivity contribution >= 4 is 104 Å². The number of hydrogen-bond donors (Lipinski definition) is 3. The number of aryl methyl sites for hydroxylation is 1. The van der Waals surface area contributed by atoms with Gasteiger partial charge in [0, 0.05) is 15.5 Å². The minimum absolute atomic E-state index is 0.216. The zero-order chi connectivity index (χ0) is 35.2.